The van der Waals surface area contributed by atoms with E-state index in [9.17, 15) is 0 Å². The molecule has 3 aliphatic heterocycles. The topological polar surface area (TPSA) is 29.5 Å². The minimum absolute atomic E-state index is 0.00157. The zero-order valence-corrected chi connectivity index (χ0v) is 46.8. The molecule has 15 rings (SSSR count). The zero-order valence-electron chi connectivity index (χ0n) is 46.8. The van der Waals surface area contributed by atoms with Crippen LogP contribution in [-0.4, -0.2) is 15.8 Å². The van der Waals surface area contributed by atoms with Gasteiger partial charge in [-0.25, -0.2) is 0 Å². The zero-order chi connectivity index (χ0) is 53.1. The SMILES string of the molecule is Cc1cc2c3c(c1)N1c4c(cccc4-n4c5ccc(C(C)(C)C)cc5c5cc(C(C)(C)C)cc1c54)B3c1ccc(-n3c4ccc(C(C)(C)C)cc4c4cc(C(C)(C)C)ccc43)cc1N2c1cccc2c1oc1ccccc12. The first-order valence-corrected chi connectivity index (χ1v) is 27.8. The van der Waals surface area contributed by atoms with Crippen molar-refractivity contribution in [2.24, 2.45) is 0 Å². The molecular weight excluding hydrogens is 936 g/mol. The monoisotopic (exact) mass is 1000 g/mol. The lowest BCUT2D eigenvalue weighted by atomic mass is 9.33. The van der Waals surface area contributed by atoms with Crippen molar-refractivity contribution in [3.05, 3.63) is 186 Å². The van der Waals surface area contributed by atoms with Crippen LogP contribution in [0.15, 0.2) is 162 Å². The third-order valence-electron chi connectivity index (χ3n) is 17.6. The molecule has 3 aliphatic rings. The van der Waals surface area contributed by atoms with Gasteiger partial charge >= 0.3 is 0 Å². The van der Waals surface area contributed by atoms with Crippen LogP contribution in [0.3, 0.4) is 0 Å². The number of aromatic nitrogens is 2. The quantitative estimate of drug-likeness (QED) is 0.162. The van der Waals surface area contributed by atoms with Gasteiger partial charge in [0.2, 0.25) is 0 Å². The summed E-state index contributed by atoms with van der Waals surface area (Å²) in [7, 11) is 0. The fourth-order valence-electron chi connectivity index (χ4n) is 13.6. The van der Waals surface area contributed by atoms with Crippen molar-refractivity contribution in [1.82, 2.24) is 9.13 Å². The van der Waals surface area contributed by atoms with Crippen molar-refractivity contribution in [1.29, 1.82) is 0 Å². The normalized spacial score (nSPS) is 14.2. The Labute approximate surface area is 452 Å². The summed E-state index contributed by atoms with van der Waals surface area (Å²) < 4.78 is 12.1. The highest BCUT2D eigenvalue weighted by molar-refractivity contribution is 7.00. The molecule has 0 atom stereocenters. The van der Waals surface area contributed by atoms with Crippen LogP contribution in [0.5, 0.6) is 0 Å². The van der Waals surface area contributed by atoms with Crippen molar-refractivity contribution in [3.63, 3.8) is 0 Å². The van der Waals surface area contributed by atoms with Gasteiger partial charge in [0.1, 0.15) is 5.58 Å². The highest BCUT2D eigenvalue weighted by Gasteiger charge is 2.47. The van der Waals surface area contributed by atoms with Crippen LogP contribution in [0.1, 0.15) is 111 Å². The van der Waals surface area contributed by atoms with E-state index in [4.69, 9.17) is 4.42 Å². The number of benzene rings is 9. The van der Waals surface area contributed by atoms with Crippen molar-refractivity contribution >= 4 is 123 Å². The molecule has 0 fully saturated rings. The van der Waals surface area contributed by atoms with E-state index in [0.29, 0.717) is 0 Å². The van der Waals surface area contributed by atoms with Gasteiger partial charge in [0.15, 0.2) is 5.58 Å². The molecule has 3 aromatic heterocycles. The summed E-state index contributed by atoms with van der Waals surface area (Å²) in [5.74, 6) is 0. The van der Waals surface area contributed by atoms with Crippen LogP contribution >= 0.6 is 0 Å². The molecule has 0 saturated carbocycles. The van der Waals surface area contributed by atoms with E-state index >= 15 is 0 Å². The Morgan fingerprint density at radius 2 is 0.922 bits per heavy atom. The first-order valence-electron chi connectivity index (χ1n) is 27.8. The number of fused-ring (bicyclic) bond motifs is 15. The van der Waals surface area contributed by atoms with Crippen molar-refractivity contribution in [2.75, 3.05) is 9.80 Å². The Balaban J connectivity index is 1.06. The summed E-state index contributed by atoms with van der Waals surface area (Å²) in [6.07, 6.45) is 0. The van der Waals surface area contributed by atoms with Gasteiger partial charge in [-0.05, 0) is 164 Å². The summed E-state index contributed by atoms with van der Waals surface area (Å²) in [5, 5.41) is 7.41. The first-order chi connectivity index (χ1) is 36.6. The molecule has 0 unspecified atom stereocenters. The Hall–Kier alpha value is -7.96. The number of hydrogen-bond donors (Lipinski definition) is 0. The van der Waals surface area contributed by atoms with Gasteiger partial charge in [0.05, 0.1) is 44.8 Å². The van der Waals surface area contributed by atoms with Gasteiger partial charge in [0.25, 0.3) is 6.71 Å². The smallest absolute Gasteiger partial charge is 0.252 e. The fraction of sp³-hybridized carbons (Fsp3) is 0.239. The van der Waals surface area contributed by atoms with E-state index in [1.54, 1.807) is 0 Å². The molecule has 0 N–H and O–H groups in total. The maximum absolute atomic E-state index is 7.03. The van der Waals surface area contributed by atoms with E-state index in [0.717, 1.165) is 39.0 Å². The number of furan rings is 1. The molecule has 12 aromatic rings. The summed E-state index contributed by atoms with van der Waals surface area (Å²) in [6.45, 7) is 30.2. The lowest BCUT2D eigenvalue weighted by Gasteiger charge is -2.46. The van der Waals surface area contributed by atoms with E-state index in [1.807, 2.05) is 0 Å². The Kier molecular flexibility index (Phi) is 9.13. The number of rotatable bonds is 2. The van der Waals surface area contributed by atoms with E-state index in [2.05, 4.69) is 267 Å². The third kappa shape index (κ3) is 6.42. The van der Waals surface area contributed by atoms with Gasteiger partial charge < -0.3 is 23.4 Å². The predicted molar refractivity (Wildman–Crippen MR) is 330 cm³/mol. The van der Waals surface area contributed by atoms with E-state index < -0.39 is 0 Å². The third-order valence-corrected chi connectivity index (χ3v) is 17.6. The number of aryl methyl sites for hydroxylation is 1. The highest BCUT2D eigenvalue weighted by Crippen LogP contribution is 2.55. The molecule has 0 radical (unpaired) electrons. The molecule has 0 saturated heterocycles. The molecule has 0 aliphatic carbocycles. The second-order valence-corrected chi connectivity index (χ2v) is 26.8. The van der Waals surface area contributed by atoms with Gasteiger partial charge in [-0.15, -0.1) is 0 Å². The van der Waals surface area contributed by atoms with Crippen LogP contribution in [0, 0.1) is 6.92 Å². The van der Waals surface area contributed by atoms with Crippen LogP contribution in [0.25, 0.3) is 76.9 Å². The first kappa shape index (κ1) is 46.4. The number of hydrogen-bond acceptors (Lipinski definition) is 3. The van der Waals surface area contributed by atoms with Gasteiger partial charge in [-0.1, -0.05) is 150 Å². The molecule has 6 heteroatoms. The summed E-state index contributed by atoms with van der Waals surface area (Å²) in [5.41, 5.74) is 26.5. The number of para-hydroxylation sites is 3. The van der Waals surface area contributed by atoms with Crippen LogP contribution < -0.4 is 26.2 Å². The van der Waals surface area contributed by atoms with Crippen LogP contribution in [0.2, 0.25) is 0 Å². The Morgan fingerprint density at radius 1 is 0.377 bits per heavy atom. The minimum atomic E-state index is -0.0935. The molecule has 5 nitrogen and oxygen atoms in total. The van der Waals surface area contributed by atoms with Crippen molar-refractivity contribution in [2.45, 2.75) is 112 Å². The lowest BCUT2D eigenvalue weighted by Crippen LogP contribution is -2.61. The second kappa shape index (κ2) is 15.2. The summed E-state index contributed by atoms with van der Waals surface area (Å²) in [6, 6.07) is 61.1. The molecule has 0 amide bonds. The average Bonchev–Trinajstić information content (AvgIpc) is 4.23. The van der Waals surface area contributed by atoms with Crippen molar-refractivity contribution in [3.8, 4) is 11.4 Å². The Bertz CT molecular complexity index is 4520. The second-order valence-electron chi connectivity index (χ2n) is 26.8. The molecule has 77 heavy (non-hydrogen) atoms. The maximum Gasteiger partial charge on any atom is 0.252 e. The molecule has 0 spiro atoms. The molecule has 0 bridgehead atoms. The standard InChI is InChI=1S/C71H65BN4O/c1-40-32-60-64-61(33-40)76-62-38-44(71(11,12)13)37-51-50-36-43(70(8,9)10)26-31-56(50)75(65(51)62)57-21-17-20-53(66(57)76)72(64)52-28-27-45(39-59(52)74(60)58-22-16-19-47-46-18-14-15-23-63(46)77-67(47)58)73-54-29-24-41(68(2,3)4)34-48(54)49-35-42(69(5,6)7)25-30-55(49)73/h14-39H,1-13H3. The van der Waals surface area contributed by atoms with Crippen LogP contribution in [-0.2, 0) is 21.7 Å². The predicted octanol–water partition coefficient (Wildman–Crippen LogP) is 17.7. The maximum atomic E-state index is 7.03. The minimum Gasteiger partial charge on any atom is -0.454 e. The van der Waals surface area contributed by atoms with Crippen LogP contribution in [0.4, 0.5) is 34.1 Å². The van der Waals surface area contributed by atoms with E-state index in [-0.39, 0.29) is 28.4 Å². The molecular formula is C71H65BN4O. The molecule has 6 heterocycles. The largest absolute Gasteiger partial charge is 0.454 e. The van der Waals surface area contributed by atoms with Gasteiger partial charge in [-0.2, -0.15) is 0 Å². The summed E-state index contributed by atoms with van der Waals surface area (Å²) in [4.78, 5) is 5.21. The lowest BCUT2D eigenvalue weighted by molar-refractivity contribution is 0.590. The highest BCUT2D eigenvalue weighted by atomic mass is 16.3. The number of nitrogens with zero attached hydrogens (tertiary/aromatic N) is 4. The van der Waals surface area contributed by atoms with Gasteiger partial charge in [0, 0.05) is 55.1 Å². The van der Waals surface area contributed by atoms with Gasteiger partial charge in [-0.3, -0.25) is 0 Å². The Morgan fingerprint density at radius 3 is 1.56 bits per heavy atom. The van der Waals surface area contributed by atoms with Crippen molar-refractivity contribution < 1.29 is 4.42 Å². The molecule has 9 aromatic carbocycles. The van der Waals surface area contributed by atoms with E-state index in [1.165, 1.54) is 116 Å². The number of anilines is 6. The molecule has 378 valence electrons. The summed E-state index contributed by atoms with van der Waals surface area (Å²) >= 11 is 0. The average molecular weight is 1000 g/mol. The fourth-order valence-corrected chi connectivity index (χ4v) is 13.6.